The summed E-state index contributed by atoms with van der Waals surface area (Å²) in [5.74, 6) is 1.52. The number of ketones is 1. The molecular formula is C24H27NO5. The molecule has 1 heterocycles. The number of ether oxygens (including phenoxy) is 3. The molecule has 0 unspecified atom stereocenters. The number of hydrogen-bond donors (Lipinski definition) is 0. The third kappa shape index (κ3) is 4.82. The molecule has 0 saturated carbocycles. The molecule has 1 amide bonds. The maximum Gasteiger partial charge on any atom is 0.259 e. The molecule has 1 aliphatic rings. The maximum atomic E-state index is 13.1. The second-order valence-electron chi connectivity index (χ2n) is 7.26. The molecule has 0 radical (unpaired) electrons. The zero-order valence-corrected chi connectivity index (χ0v) is 17.9. The fourth-order valence-corrected chi connectivity index (χ4v) is 3.18. The fourth-order valence-electron chi connectivity index (χ4n) is 3.18. The van der Waals surface area contributed by atoms with Gasteiger partial charge >= 0.3 is 0 Å². The van der Waals surface area contributed by atoms with E-state index in [1.54, 1.807) is 26.2 Å². The Labute approximate surface area is 177 Å². The van der Waals surface area contributed by atoms with Crippen molar-refractivity contribution in [1.29, 1.82) is 0 Å². The number of hydrogen-bond acceptors (Lipinski definition) is 5. The van der Waals surface area contributed by atoms with Crippen molar-refractivity contribution in [3.63, 3.8) is 0 Å². The molecule has 0 atom stereocenters. The van der Waals surface area contributed by atoms with E-state index in [2.05, 4.69) is 0 Å². The van der Waals surface area contributed by atoms with Gasteiger partial charge in [0.25, 0.3) is 5.91 Å². The zero-order chi connectivity index (χ0) is 21.7. The lowest BCUT2D eigenvalue weighted by Crippen LogP contribution is -2.27. The summed E-state index contributed by atoms with van der Waals surface area (Å²) in [5, 5.41) is 0. The van der Waals surface area contributed by atoms with Crippen molar-refractivity contribution in [2.24, 2.45) is 0 Å². The van der Waals surface area contributed by atoms with Crippen LogP contribution in [0.15, 0.2) is 42.0 Å². The molecule has 0 spiro atoms. The van der Waals surface area contributed by atoms with Crippen LogP contribution in [0.3, 0.4) is 0 Å². The molecule has 0 N–H and O–H groups in total. The van der Waals surface area contributed by atoms with Crippen molar-refractivity contribution in [2.45, 2.75) is 20.3 Å². The number of para-hydroxylation sites is 1. The average molecular weight is 409 g/mol. The van der Waals surface area contributed by atoms with Gasteiger partial charge in [0.15, 0.2) is 23.9 Å². The predicted octanol–water partition coefficient (Wildman–Crippen LogP) is 3.91. The average Bonchev–Trinajstić information content (AvgIpc) is 2.87. The van der Waals surface area contributed by atoms with Crippen LogP contribution in [0.2, 0.25) is 0 Å². The lowest BCUT2D eigenvalue weighted by molar-refractivity contribution is -0.130. The van der Waals surface area contributed by atoms with Crippen molar-refractivity contribution in [2.75, 3.05) is 33.9 Å². The highest BCUT2D eigenvalue weighted by Gasteiger charge is 2.22. The van der Waals surface area contributed by atoms with E-state index < -0.39 is 0 Å². The first kappa shape index (κ1) is 21.4. The second-order valence-corrected chi connectivity index (χ2v) is 7.26. The molecule has 6 nitrogen and oxygen atoms in total. The van der Waals surface area contributed by atoms with E-state index in [1.165, 1.54) is 4.90 Å². The molecule has 0 saturated heterocycles. The molecular weight excluding hydrogens is 382 g/mol. The first-order valence-electron chi connectivity index (χ1n) is 9.98. The molecule has 1 aliphatic heterocycles. The van der Waals surface area contributed by atoms with E-state index in [0.29, 0.717) is 48.0 Å². The van der Waals surface area contributed by atoms with Crippen LogP contribution in [0.25, 0.3) is 6.08 Å². The minimum absolute atomic E-state index is 0.0268. The van der Waals surface area contributed by atoms with Crippen LogP contribution >= 0.6 is 0 Å². The number of carbonyl (C=O) groups is 2. The Morgan fingerprint density at radius 1 is 1.17 bits per heavy atom. The summed E-state index contributed by atoms with van der Waals surface area (Å²) in [6.45, 7) is 4.65. The van der Waals surface area contributed by atoms with Crippen LogP contribution in [0.4, 0.5) is 0 Å². The Bertz CT molecular complexity index is 978. The van der Waals surface area contributed by atoms with Gasteiger partial charge in [-0.3, -0.25) is 9.59 Å². The van der Waals surface area contributed by atoms with Gasteiger partial charge in [-0.15, -0.1) is 0 Å². The molecule has 2 aromatic carbocycles. The van der Waals surface area contributed by atoms with Crippen LogP contribution < -0.4 is 14.2 Å². The van der Waals surface area contributed by atoms with E-state index in [0.717, 1.165) is 11.1 Å². The number of aryl methyl sites for hydroxylation is 1. The lowest BCUT2D eigenvalue weighted by atomic mass is 9.97. The number of nitrogens with zero attached hydrogens (tertiary/aromatic N) is 1. The van der Waals surface area contributed by atoms with Gasteiger partial charge in [-0.2, -0.15) is 0 Å². The predicted molar refractivity (Wildman–Crippen MR) is 115 cm³/mol. The van der Waals surface area contributed by atoms with Gasteiger partial charge in [0.05, 0.1) is 18.8 Å². The Balaban J connectivity index is 1.88. The zero-order valence-electron chi connectivity index (χ0n) is 17.9. The van der Waals surface area contributed by atoms with Crippen LogP contribution in [-0.2, 0) is 4.79 Å². The molecule has 3 rings (SSSR count). The molecule has 6 heteroatoms. The van der Waals surface area contributed by atoms with Crippen molar-refractivity contribution in [3.8, 4) is 17.2 Å². The number of amides is 1. The normalized spacial score (nSPS) is 14.5. The van der Waals surface area contributed by atoms with E-state index in [-0.39, 0.29) is 18.3 Å². The van der Waals surface area contributed by atoms with Gasteiger partial charge in [-0.1, -0.05) is 18.2 Å². The van der Waals surface area contributed by atoms with E-state index in [4.69, 9.17) is 14.2 Å². The highest BCUT2D eigenvalue weighted by molar-refractivity contribution is 6.13. The Hall–Kier alpha value is -3.28. The minimum Gasteiger partial charge on any atom is -0.492 e. The van der Waals surface area contributed by atoms with Crippen LogP contribution in [0.5, 0.6) is 17.2 Å². The highest BCUT2D eigenvalue weighted by atomic mass is 16.5. The smallest absolute Gasteiger partial charge is 0.259 e. The number of carbonyl (C=O) groups excluding carboxylic acids is 2. The number of rotatable bonds is 6. The topological polar surface area (TPSA) is 65.1 Å². The number of likely N-dealkylation sites (N-methyl/N-ethyl adjacent to an activating group) is 1. The van der Waals surface area contributed by atoms with Gasteiger partial charge in [0.2, 0.25) is 0 Å². The third-order valence-corrected chi connectivity index (χ3v) is 4.82. The first-order valence-corrected chi connectivity index (χ1v) is 9.98. The summed E-state index contributed by atoms with van der Waals surface area (Å²) in [6.07, 6.45) is 2.38. The van der Waals surface area contributed by atoms with Crippen LogP contribution in [0.1, 0.15) is 34.8 Å². The molecule has 0 aliphatic carbocycles. The number of Topliss-reactive ketones (excluding diaryl/α,β-unsaturated/α-hetero) is 1. The third-order valence-electron chi connectivity index (χ3n) is 4.82. The molecule has 0 bridgehead atoms. The monoisotopic (exact) mass is 409 g/mol. The molecule has 0 fully saturated rings. The molecule has 2 aromatic rings. The van der Waals surface area contributed by atoms with Crippen LogP contribution in [-0.4, -0.2) is 50.5 Å². The van der Waals surface area contributed by atoms with E-state index >= 15 is 0 Å². The van der Waals surface area contributed by atoms with Crippen molar-refractivity contribution < 1.29 is 23.8 Å². The quantitative estimate of drug-likeness (QED) is 0.677. The first-order chi connectivity index (χ1) is 14.4. The van der Waals surface area contributed by atoms with Gasteiger partial charge in [-0.05, 0) is 49.2 Å². The van der Waals surface area contributed by atoms with Gasteiger partial charge in [0, 0.05) is 26.1 Å². The Morgan fingerprint density at radius 3 is 2.70 bits per heavy atom. The van der Waals surface area contributed by atoms with Crippen molar-refractivity contribution in [1.82, 2.24) is 4.90 Å². The highest BCUT2D eigenvalue weighted by Crippen LogP contribution is 2.33. The SMILES string of the molecule is CCOc1cc(/C=C2\CCOc3c(C)cccc3C2=O)ccc1OCC(=O)N(C)C. The number of fused-ring (bicyclic) bond motifs is 1. The largest absolute Gasteiger partial charge is 0.492 e. The summed E-state index contributed by atoms with van der Waals surface area (Å²) in [7, 11) is 3.36. The standard InChI is InChI=1S/C24H27NO5/c1-5-28-21-14-17(9-10-20(21)30-15-22(26)25(3)4)13-18-11-12-29-24-16(2)7-6-8-19(24)23(18)27/h6-10,13-14H,5,11-12,15H2,1-4H3/b18-13+. The Morgan fingerprint density at radius 2 is 1.97 bits per heavy atom. The van der Waals surface area contributed by atoms with Gasteiger partial charge < -0.3 is 19.1 Å². The second kappa shape index (κ2) is 9.48. The number of benzene rings is 2. The maximum absolute atomic E-state index is 13.1. The van der Waals surface area contributed by atoms with E-state index in [9.17, 15) is 9.59 Å². The minimum atomic E-state index is -0.137. The molecule has 158 valence electrons. The van der Waals surface area contributed by atoms with Gasteiger partial charge in [-0.25, -0.2) is 0 Å². The summed E-state index contributed by atoms with van der Waals surface area (Å²) < 4.78 is 17.2. The lowest BCUT2D eigenvalue weighted by Gasteiger charge is -2.15. The Kier molecular flexibility index (Phi) is 6.77. The summed E-state index contributed by atoms with van der Waals surface area (Å²) in [6, 6.07) is 11.0. The summed E-state index contributed by atoms with van der Waals surface area (Å²) in [4.78, 5) is 26.3. The molecule has 30 heavy (non-hydrogen) atoms. The summed E-state index contributed by atoms with van der Waals surface area (Å²) >= 11 is 0. The van der Waals surface area contributed by atoms with Crippen molar-refractivity contribution >= 4 is 17.8 Å². The summed E-state index contributed by atoms with van der Waals surface area (Å²) in [5.41, 5.74) is 3.04. The fraction of sp³-hybridized carbons (Fsp3) is 0.333. The molecule has 0 aromatic heterocycles. The van der Waals surface area contributed by atoms with Gasteiger partial charge in [0.1, 0.15) is 5.75 Å². The van der Waals surface area contributed by atoms with Crippen LogP contribution in [0, 0.1) is 6.92 Å². The van der Waals surface area contributed by atoms with Crippen molar-refractivity contribution in [3.05, 3.63) is 58.7 Å². The van der Waals surface area contributed by atoms with E-state index in [1.807, 2.05) is 44.2 Å².